The molecule has 4 atom stereocenters. The zero-order valence-corrected chi connectivity index (χ0v) is 11.6. The molecule has 0 aliphatic carbocycles. The van der Waals surface area contributed by atoms with Crippen LogP contribution in [0.25, 0.3) is 0 Å². The molecule has 1 saturated heterocycles. The van der Waals surface area contributed by atoms with Crippen LogP contribution in [0.2, 0.25) is 0 Å². The van der Waals surface area contributed by atoms with Crippen molar-refractivity contribution >= 4 is 17.9 Å². The quantitative estimate of drug-likeness (QED) is 0.362. The number of aliphatic hydroxyl groups is 1. The smallest absolute Gasteiger partial charge is 0.352 e. The SMILES string of the molecule is COC(NC(N)=O)C1=C(C(=O)O)N2C(=O)C(C(C)O)C2C1. The molecule has 2 aliphatic heterocycles. The van der Waals surface area contributed by atoms with Gasteiger partial charge in [0.2, 0.25) is 5.91 Å². The van der Waals surface area contributed by atoms with Gasteiger partial charge in [0.05, 0.1) is 18.1 Å². The second kappa shape index (κ2) is 5.34. The molecule has 4 unspecified atom stereocenters. The van der Waals surface area contributed by atoms with Crippen molar-refractivity contribution in [3.05, 3.63) is 11.3 Å². The fraction of sp³-hybridized carbons (Fsp3) is 0.583. The van der Waals surface area contributed by atoms with E-state index in [9.17, 15) is 24.6 Å². The number of primary amides is 1. The highest BCUT2D eigenvalue weighted by Gasteiger charge is 2.57. The largest absolute Gasteiger partial charge is 0.477 e. The van der Waals surface area contributed by atoms with E-state index in [1.165, 1.54) is 14.0 Å². The minimum Gasteiger partial charge on any atom is -0.477 e. The van der Waals surface area contributed by atoms with Crippen molar-refractivity contribution in [2.45, 2.75) is 31.7 Å². The standard InChI is InChI=1S/C12H17N3O6/c1-4(16)7-6-3-5(9(21-2)14-12(13)20)8(11(18)19)15(6)10(7)17/h4,6-7,9,16H,3H2,1-2H3,(H,18,19)(H3,13,14,20). The summed E-state index contributed by atoms with van der Waals surface area (Å²) in [5.41, 5.74) is 5.06. The lowest BCUT2D eigenvalue weighted by Crippen LogP contribution is -2.61. The van der Waals surface area contributed by atoms with Gasteiger partial charge in [0.15, 0.2) is 6.23 Å². The number of hydrogen-bond acceptors (Lipinski definition) is 5. The molecule has 2 heterocycles. The van der Waals surface area contributed by atoms with Crippen LogP contribution in [0.1, 0.15) is 13.3 Å². The summed E-state index contributed by atoms with van der Waals surface area (Å²) in [4.78, 5) is 35.5. The van der Waals surface area contributed by atoms with E-state index in [2.05, 4.69) is 5.32 Å². The first-order valence-corrected chi connectivity index (χ1v) is 6.35. The molecule has 0 spiro atoms. The van der Waals surface area contributed by atoms with Crippen LogP contribution in [-0.2, 0) is 14.3 Å². The summed E-state index contributed by atoms with van der Waals surface area (Å²) in [5, 5.41) is 21.2. The molecule has 0 radical (unpaired) electrons. The maximum atomic E-state index is 12.0. The topological polar surface area (TPSA) is 142 Å². The summed E-state index contributed by atoms with van der Waals surface area (Å²) < 4.78 is 5.05. The van der Waals surface area contributed by atoms with E-state index in [0.29, 0.717) is 0 Å². The third-order valence-electron chi connectivity index (χ3n) is 3.79. The molecule has 2 aliphatic rings. The third-order valence-corrected chi connectivity index (χ3v) is 3.79. The summed E-state index contributed by atoms with van der Waals surface area (Å²) in [6.07, 6.45) is -1.71. The predicted molar refractivity (Wildman–Crippen MR) is 68.6 cm³/mol. The maximum Gasteiger partial charge on any atom is 0.352 e. The number of carboxylic acids is 1. The number of carboxylic acid groups (broad SMARTS) is 1. The highest BCUT2D eigenvalue weighted by Crippen LogP contribution is 2.44. The Hall–Kier alpha value is -2.13. The number of ether oxygens (including phenoxy) is 1. The summed E-state index contributed by atoms with van der Waals surface area (Å²) >= 11 is 0. The molecule has 0 aromatic heterocycles. The van der Waals surface area contributed by atoms with Gasteiger partial charge in [-0.2, -0.15) is 0 Å². The van der Waals surface area contributed by atoms with Gasteiger partial charge in [-0.25, -0.2) is 9.59 Å². The number of nitrogens with two attached hydrogens (primary N) is 1. The second-order valence-electron chi connectivity index (χ2n) is 5.05. The Labute approximate surface area is 120 Å². The molecule has 3 amide bonds. The summed E-state index contributed by atoms with van der Waals surface area (Å²) in [6, 6.07) is -1.31. The van der Waals surface area contributed by atoms with Gasteiger partial charge in [-0.15, -0.1) is 0 Å². The number of carbonyl (C=O) groups excluding carboxylic acids is 2. The van der Waals surface area contributed by atoms with E-state index in [-0.39, 0.29) is 17.7 Å². The number of aliphatic carboxylic acids is 1. The number of urea groups is 1. The number of rotatable bonds is 5. The number of aliphatic hydroxyl groups excluding tert-OH is 1. The van der Waals surface area contributed by atoms with Gasteiger partial charge in [0.25, 0.3) is 0 Å². The van der Waals surface area contributed by atoms with Crippen LogP contribution in [0.3, 0.4) is 0 Å². The van der Waals surface area contributed by atoms with Crippen molar-refractivity contribution < 1.29 is 29.3 Å². The van der Waals surface area contributed by atoms with Crippen molar-refractivity contribution in [3.63, 3.8) is 0 Å². The van der Waals surface area contributed by atoms with Crippen molar-refractivity contribution in [3.8, 4) is 0 Å². The summed E-state index contributed by atoms with van der Waals surface area (Å²) in [5.74, 6) is -2.39. The lowest BCUT2D eigenvalue weighted by atomic mass is 9.83. The van der Waals surface area contributed by atoms with Crippen molar-refractivity contribution in [1.29, 1.82) is 0 Å². The van der Waals surface area contributed by atoms with Crippen molar-refractivity contribution in [2.24, 2.45) is 11.7 Å². The van der Waals surface area contributed by atoms with Gasteiger partial charge in [-0.05, 0) is 13.3 Å². The Bertz CT molecular complexity index is 529. The number of fused-ring (bicyclic) bond motifs is 1. The molecule has 9 nitrogen and oxygen atoms in total. The molecule has 0 bridgehead atoms. The van der Waals surface area contributed by atoms with Crippen LogP contribution in [-0.4, -0.2) is 58.5 Å². The van der Waals surface area contributed by atoms with Crippen LogP contribution < -0.4 is 11.1 Å². The van der Waals surface area contributed by atoms with E-state index in [1.54, 1.807) is 0 Å². The third kappa shape index (κ3) is 2.34. The van der Waals surface area contributed by atoms with E-state index in [1.807, 2.05) is 0 Å². The first-order valence-electron chi connectivity index (χ1n) is 6.35. The number of carbonyl (C=O) groups is 3. The Morgan fingerprint density at radius 3 is 2.57 bits per heavy atom. The van der Waals surface area contributed by atoms with Gasteiger partial charge >= 0.3 is 12.0 Å². The molecule has 9 heteroatoms. The minimum absolute atomic E-state index is 0.196. The molecule has 21 heavy (non-hydrogen) atoms. The van der Waals surface area contributed by atoms with Crippen molar-refractivity contribution in [1.82, 2.24) is 10.2 Å². The van der Waals surface area contributed by atoms with E-state index in [4.69, 9.17) is 10.5 Å². The first-order chi connectivity index (χ1) is 9.79. The Morgan fingerprint density at radius 2 is 2.14 bits per heavy atom. The average molecular weight is 299 g/mol. The van der Waals surface area contributed by atoms with Gasteiger partial charge in [-0.1, -0.05) is 0 Å². The fourth-order valence-corrected chi connectivity index (χ4v) is 2.96. The Balaban J connectivity index is 2.34. The van der Waals surface area contributed by atoms with Gasteiger partial charge in [-0.3, -0.25) is 4.79 Å². The summed E-state index contributed by atoms with van der Waals surface area (Å²) in [7, 11) is 1.29. The molecule has 5 N–H and O–H groups in total. The molecule has 0 aromatic rings. The fourth-order valence-electron chi connectivity index (χ4n) is 2.96. The van der Waals surface area contributed by atoms with Crippen LogP contribution in [0, 0.1) is 5.92 Å². The number of β-lactam (4-membered cyclic amide) rings is 1. The normalized spacial score (nSPS) is 27.0. The van der Waals surface area contributed by atoms with Gasteiger partial charge < -0.3 is 30.9 Å². The van der Waals surface area contributed by atoms with Crippen LogP contribution in [0.15, 0.2) is 11.3 Å². The molecule has 0 aromatic carbocycles. The average Bonchev–Trinajstić information content (AvgIpc) is 2.70. The number of hydrogen-bond donors (Lipinski definition) is 4. The van der Waals surface area contributed by atoms with Crippen LogP contribution in [0.4, 0.5) is 4.79 Å². The number of nitrogens with zero attached hydrogens (tertiary/aromatic N) is 1. The lowest BCUT2D eigenvalue weighted by Gasteiger charge is -2.44. The van der Waals surface area contributed by atoms with Crippen LogP contribution in [0.5, 0.6) is 0 Å². The highest BCUT2D eigenvalue weighted by molar-refractivity contribution is 6.00. The maximum absolute atomic E-state index is 12.0. The van der Waals surface area contributed by atoms with Gasteiger partial charge in [0, 0.05) is 12.7 Å². The number of nitrogens with one attached hydrogen (secondary N) is 1. The highest BCUT2D eigenvalue weighted by atomic mass is 16.5. The molecular formula is C12H17N3O6. The monoisotopic (exact) mass is 299 g/mol. The van der Waals surface area contributed by atoms with Crippen LogP contribution >= 0.6 is 0 Å². The Morgan fingerprint density at radius 1 is 1.52 bits per heavy atom. The van der Waals surface area contributed by atoms with Crippen molar-refractivity contribution in [2.75, 3.05) is 7.11 Å². The van der Waals surface area contributed by atoms with E-state index < -0.39 is 42.2 Å². The molecule has 116 valence electrons. The molecule has 2 rings (SSSR count). The zero-order chi connectivity index (χ0) is 15.9. The Kier molecular flexibility index (Phi) is 3.88. The molecule has 0 saturated carbocycles. The lowest BCUT2D eigenvalue weighted by molar-refractivity contribution is -0.161. The van der Waals surface area contributed by atoms with E-state index in [0.717, 1.165) is 4.90 Å². The summed E-state index contributed by atoms with van der Waals surface area (Å²) in [6.45, 7) is 1.48. The number of methoxy groups -OCH3 is 1. The second-order valence-corrected chi connectivity index (χ2v) is 5.05. The first kappa shape index (κ1) is 15.3. The zero-order valence-electron chi connectivity index (χ0n) is 11.6. The van der Waals surface area contributed by atoms with Gasteiger partial charge in [0.1, 0.15) is 5.70 Å². The predicted octanol–water partition coefficient (Wildman–Crippen LogP) is -1.42. The number of amides is 3. The molecular weight excluding hydrogens is 282 g/mol. The minimum atomic E-state index is -1.29. The molecule has 1 fully saturated rings. The van der Waals surface area contributed by atoms with E-state index >= 15 is 0 Å².